The van der Waals surface area contributed by atoms with Gasteiger partial charge in [-0.05, 0) is 149 Å². The van der Waals surface area contributed by atoms with Gasteiger partial charge in [-0.25, -0.2) is 4.79 Å². The van der Waals surface area contributed by atoms with E-state index in [1.54, 1.807) is 11.3 Å². The Hall–Kier alpha value is -3.88. The Morgan fingerprint density at radius 1 is 0.866 bits per heavy atom. The summed E-state index contributed by atoms with van der Waals surface area (Å²) in [5.41, 5.74) is 14.6. The number of aliphatic hydroxyl groups is 1. The zero-order chi connectivity index (χ0) is 45.0. The van der Waals surface area contributed by atoms with E-state index in [-0.39, 0.29) is 35.6 Å². The van der Waals surface area contributed by atoms with E-state index in [0.29, 0.717) is 78.7 Å². The monoisotopic (exact) mass is 904 g/mol. The van der Waals surface area contributed by atoms with E-state index >= 15 is 9.59 Å². The highest BCUT2D eigenvalue weighted by Gasteiger charge is 2.93. The molecular weight excluding hydrogens is 831 g/mol. The summed E-state index contributed by atoms with van der Waals surface area (Å²) in [7, 11) is 0. The smallest absolute Gasteiger partial charge is 0.339 e. The summed E-state index contributed by atoms with van der Waals surface area (Å²) >= 11 is 0. The van der Waals surface area contributed by atoms with Crippen LogP contribution in [0.3, 0.4) is 0 Å². The number of aliphatic hydroxyl groups excluding tert-OH is 1. The zero-order valence-electron chi connectivity index (χ0n) is 40.0. The summed E-state index contributed by atoms with van der Waals surface area (Å²) in [4.78, 5) is 37.2. The van der Waals surface area contributed by atoms with Gasteiger partial charge in [0.1, 0.15) is 11.2 Å². The quantitative estimate of drug-likeness (QED) is 0.226. The van der Waals surface area contributed by atoms with Gasteiger partial charge in [0.05, 0.1) is 11.0 Å². The lowest BCUT2D eigenvalue weighted by Crippen LogP contribution is -2.77. The number of rotatable bonds is 5. The van der Waals surface area contributed by atoms with Crippen molar-refractivity contribution < 1.29 is 24.2 Å². The Balaban J connectivity index is 1.05. The summed E-state index contributed by atoms with van der Waals surface area (Å²) in [5, 5.41) is 13.4. The fourth-order valence-corrected chi connectivity index (χ4v) is 19.4. The van der Waals surface area contributed by atoms with Gasteiger partial charge < -0.3 is 25.2 Å². The first-order chi connectivity index (χ1) is 32.7. The molecule has 0 radical (unpaired) electrons. The number of benzene rings is 2. The molecule has 0 amide bonds. The number of carbonyl (C=O) groups is 2. The molecule has 9 aliphatic heterocycles. The average Bonchev–Trinajstić information content (AvgIpc) is 3.79. The van der Waals surface area contributed by atoms with Gasteiger partial charge >= 0.3 is 11.9 Å². The molecule has 6 aliphatic carbocycles. The van der Waals surface area contributed by atoms with Crippen LogP contribution < -0.4 is 5.73 Å². The first-order valence-electron chi connectivity index (χ1n) is 27.5. The highest BCUT2D eigenvalue weighted by molar-refractivity contribution is 6.00. The second-order valence-corrected chi connectivity index (χ2v) is 24.4. The first-order valence-corrected chi connectivity index (χ1v) is 27.5. The Morgan fingerprint density at radius 3 is 2.60 bits per heavy atom. The van der Waals surface area contributed by atoms with Crippen LogP contribution in [0.4, 0.5) is 0 Å². The topological polar surface area (TPSA) is 105 Å². The summed E-state index contributed by atoms with van der Waals surface area (Å²) in [6.07, 6.45) is 21.3. The lowest BCUT2D eigenvalue weighted by atomic mass is 9.28. The number of carbonyl (C=O) groups excluding carboxylic acids is 2. The molecule has 15 bridgehead atoms. The largest absolute Gasteiger partial charge is 0.509 e. The predicted octanol–water partition coefficient (Wildman–Crippen LogP) is 10.6. The Morgan fingerprint density at radius 2 is 1.72 bits per heavy atom. The predicted molar refractivity (Wildman–Crippen MR) is 257 cm³/mol. The molecular formula is C59H73N3O5. The van der Waals surface area contributed by atoms with Gasteiger partial charge in [-0.2, -0.15) is 0 Å². The lowest BCUT2D eigenvalue weighted by Gasteiger charge is -2.72. The molecule has 5 fully saturated rings. The van der Waals surface area contributed by atoms with E-state index in [4.69, 9.17) is 15.2 Å². The van der Waals surface area contributed by atoms with E-state index in [1.807, 2.05) is 0 Å². The second kappa shape index (κ2) is 15.3. The number of fused-ring (bicyclic) bond motifs is 7. The van der Waals surface area contributed by atoms with Gasteiger partial charge in [0.25, 0.3) is 0 Å². The molecule has 67 heavy (non-hydrogen) atoms. The SMILES string of the molecule is CC1CC2=C3C4C5=C6CC(Cc7cccc(c7)CCCCC7C68C(=O)OC(=C(O)CC(CC6CCCCC6)N6CC9CC(C6)C(CC2)N3C9)C8(CC5)C72OC(=O)c3c(CCCN)cccc32)C14. The van der Waals surface area contributed by atoms with Crippen LogP contribution in [0.5, 0.6) is 0 Å². The number of aryl methyl sites for hydroxylation is 2. The number of ether oxygens (including phenoxy) is 2. The number of piperidine rings is 2. The fourth-order valence-electron chi connectivity index (χ4n) is 19.4. The van der Waals surface area contributed by atoms with Crippen LogP contribution in [0, 0.1) is 58.2 Å². The number of esters is 2. The van der Waals surface area contributed by atoms with E-state index in [2.05, 4.69) is 59.2 Å². The highest BCUT2D eigenvalue weighted by Crippen LogP contribution is 2.87. The molecule has 3 saturated heterocycles. The second-order valence-electron chi connectivity index (χ2n) is 24.4. The molecule has 2 saturated carbocycles. The van der Waals surface area contributed by atoms with Crippen molar-refractivity contribution in [3.63, 3.8) is 0 Å². The number of hydrogen-bond acceptors (Lipinski definition) is 8. The van der Waals surface area contributed by atoms with Crippen LogP contribution in [0.25, 0.3) is 0 Å². The van der Waals surface area contributed by atoms with Crippen molar-refractivity contribution in [3.05, 3.63) is 104 Å². The highest BCUT2D eigenvalue weighted by atomic mass is 16.6. The third-order valence-electron chi connectivity index (χ3n) is 21.5. The van der Waals surface area contributed by atoms with Crippen LogP contribution in [0.2, 0.25) is 0 Å². The van der Waals surface area contributed by atoms with Crippen molar-refractivity contribution >= 4 is 11.9 Å². The minimum atomic E-state index is -1.13. The summed E-state index contributed by atoms with van der Waals surface area (Å²) in [5.74, 6) is 3.43. The van der Waals surface area contributed by atoms with Crippen molar-refractivity contribution in [1.29, 1.82) is 0 Å². The molecule has 13 unspecified atom stereocenters. The van der Waals surface area contributed by atoms with Crippen molar-refractivity contribution in [2.45, 2.75) is 159 Å². The average molecular weight is 904 g/mol. The van der Waals surface area contributed by atoms with Gasteiger partial charge in [-0.1, -0.05) is 105 Å². The molecule has 2 aromatic carbocycles. The lowest BCUT2D eigenvalue weighted by molar-refractivity contribution is -0.279. The van der Waals surface area contributed by atoms with Crippen LogP contribution in [0.15, 0.2) is 76.4 Å². The van der Waals surface area contributed by atoms with E-state index in [1.165, 1.54) is 80.1 Å². The fraction of sp³-hybridized carbons (Fsp3) is 0.661. The van der Waals surface area contributed by atoms with Crippen LogP contribution in [-0.2, 0) is 39.1 Å². The zero-order valence-corrected chi connectivity index (χ0v) is 40.0. The molecule has 8 heteroatoms. The molecule has 13 atom stereocenters. The van der Waals surface area contributed by atoms with Gasteiger partial charge in [0, 0.05) is 61.2 Å². The van der Waals surface area contributed by atoms with E-state index < -0.39 is 16.4 Å². The molecule has 2 aromatic rings. The Labute approximate surface area is 398 Å². The minimum absolute atomic E-state index is 0.160. The maximum atomic E-state index is 16.3. The summed E-state index contributed by atoms with van der Waals surface area (Å²) < 4.78 is 14.4. The van der Waals surface area contributed by atoms with Crippen molar-refractivity contribution in [3.8, 4) is 0 Å². The number of allylic oxidation sites excluding steroid dienone is 2. The minimum Gasteiger partial charge on any atom is -0.509 e. The van der Waals surface area contributed by atoms with Gasteiger partial charge in [0.2, 0.25) is 0 Å². The molecule has 354 valence electrons. The van der Waals surface area contributed by atoms with Gasteiger partial charge in [-0.3, -0.25) is 9.69 Å². The number of hydrogen-bond donors (Lipinski definition) is 2. The van der Waals surface area contributed by atoms with Gasteiger partial charge in [-0.15, -0.1) is 0 Å². The van der Waals surface area contributed by atoms with E-state index in [9.17, 15) is 5.11 Å². The third-order valence-corrected chi connectivity index (χ3v) is 21.5. The first kappa shape index (κ1) is 42.0. The van der Waals surface area contributed by atoms with Crippen LogP contribution in [-0.4, -0.2) is 65.1 Å². The van der Waals surface area contributed by atoms with Crippen molar-refractivity contribution in [2.75, 3.05) is 26.2 Å². The Bertz CT molecular complexity index is 2530. The van der Waals surface area contributed by atoms with Crippen molar-refractivity contribution in [2.24, 2.45) is 63.9 Å². The maximum absolute atomic E-state index is 16.3. The molecule has 0 aromatic heterocycles. The maximum Gasteiger partial charge on any atom is 0.339 e. The van der Waals surface area contributed by atoms with E-state index in [0.717, 1.165) is 88.5 Å². The van der Waals surface area contributed by atoms with Crippen LogP contribution in [0.1, 0.15) is 155 Å². The molecule has 3 spiro atoms. The third kappa shape index (κ3) is 5.55. The molecule has 3 N–H and O–H groups in total. The Kier molecular flexibility index (Phi) is 9.61. The van der Waals surface area contributed by atoms with Gasteiger partial charge in [0.15, 0.2) is 11.4 Å². The normalized spacial score (nSPS) is 41.4. The molecule has 8 nitrogen and oxygen atoms in total. The van der Waals surface area contributed by atoms with Crippen LogP contribution >= 0.6 is 0 Å². The summed E-state index contributed by atoms with van der Waals surface area (Å²) in [6, 6.07) is 16.5. The standard InChI is InChI=1S/C59H73N3O5/c1-34-24-40-19-20-47-42-27-38-31-61(33-42)43(28-36-10-3-2-4-11-36)30-48(63)54-57-22-21-44-46-29-41(50(34)52(44)53(40)62(47)32-38)26-37-14-7-13-35(25-37)12-5-6-18-49(58(46,57)56(65)66-54)59(57)45-17-8-15-39(16-9-23-60)51(45)55(64)67-59/h7-8,13-15,17,25,34,36,38,41-43,47,49-50,52,63H,2-6,9-12,16,18-24,26-33,60H2,1H3. The number of nitrogens with two attached hydrogens (primary N) is 1. The number of nitrogens with zero attached hydrogens (tertiary/aromatic N) is 2. The van der Waals surface area contributed by atoms with Crippen molar-refractivity contribution in [1.82, 2.24) is 9.80 Å². The summed E-state index contributed by atoms with van der Waals surface area (Å²) in [6.45, 7) is 6.39. The molecule has 9 heterocycles. The molecule has 15 aliphatic rings. The molecule has 17 rings (SSSR count).